The Morgan fingerprint density at radius 1 is 1.16 bits per heavy atom. The second-order valence-electron chi connectivity index (χ2n) is 9.19. The van der Waals surface area contributed by atoms with Crippen molar-refractivity contribution < 1.29 is 14.5 Å². The molecule has 0 saturated carbocycles. The van der Waals surface area contributed by atoms with Crippen LogP contribution in [0.1, 0.15) is 51.4 Å². The first-order valence-electron chi connectivity index (χ1n) is 10.3. The van der Waals surface area contributed by atoms with Gasteiger partial charge >= 0.3 is 0 Å². The van der Waals surface area contributed by atoms with E-state index in [2.05, 4.69) is 10.6 Å². The number of carbonyl (C=O) groups excluding carboxylic acids is 2. The van der Waals surface area contributed by atoms with Crippen LogP contribution in [-0.2, 0) is 4.79 Å². The fourth-order valence-corrected chi connectivity index (χ4v) is 3.64. The van der Waals surface area contributed by atoms with Crippen LogP contribution in [0.5, 0.6) is 0 Å². The normalized spacial score (nSPS) is 14.3. The summed E-state index contributed by atoms with van der Waals surface area (Å²) in [6, 6.07) is 10.6. The van der Waals surface area contributed by atoms with Gasteiger partial charge in [0.05, 0.1) is 27.5 Å². The molecule has 2 aromatic carbocycles. The molecule has 0 spiro atoms. The Kier molecular flexibility index (Phi) is 6.01. The van der Waals surface area contributed by atoms with E-state index in [0.29, 0.717) is 23.5 Å². The van der Waals surface area contributed by atoms with Gasteiger partial charge in [0, 0.05) is 17.7 Å². The molecule has 2 aromatic rings. The maximum absolute atomic E-state index is 13.8. The molecule has 1 aliphatic rings. The Morgan fingerprint density at radius 3 is 2.45 bits per heavy atom. The zero-order valence-electron chi connectivity index (χ0n) is 18.4. The van der Waals surface area contributed by atoms with Crippen molar-refractivity contribution in [3.8, 4) is 0 Å². The zero-order chi connectivity index (χ0) is 22.9. The van der Waals surface area contributed by atoms with E-state index >= 15 is 0 Å². The number of carbonyl (C=O) groups is 2. The standard InChI is InChI=1S/C23H28N4O4/c1-14(2)12-20(21(28)25-23(3,4)5)26-19-9-7-6-8-18(19)24-17-11-10-15(27(30)31)13-16(17)22(26)29/h6-11,13-14,20,24H,12H2,1-5H3,(H,25,28). The van der Waals surface area contributed by atoms with Crippen molar-refractivity contribution in [1.29, 1.82) is 0 Å². The SMILES string of the molecule is CC(C)CC(C(=O)NC(C)(C)C)N1C(=O)c2cc([N+](=O)[O-])ccc2Nc2ccccc21. The highest BCUT2D eigenvalue weighted by molar-refractivity contribution is 6.16. The number of nitro benzene ring substituents is 1. The molecule has 1 heterocycles. The highest BCUT2D eigenvalue weighted by Gasteiger charge is 2.37. The largest absolute Gasteiger partial charge is 0.353 e. The molecule has 8 heteroatoms. The third-order valence-electron chi connectivity index (χ3n) is 4.90. The average molecular weight is 425 g/mol. The molecule has 1 unspecified atom stereocenters. The molecule has 0 bridgehead atoms. The van der Waals surface area contributed by atoms with Crippen molar-refractivity contribution in [2.24, 2.45) is 5.92 Å². The first-order chi connectivity index (χ1) is 14.5. The highest BCUT2D eigenvalue weighted by atomic mass is 16.6. The van der Waals surface area contributed by atoms with Crippen LogP contribution < -0.4 is 15.5 Å². The predicted octanol–water partition coefficient (Wildman–Crippen LogP) is 4.63. The summed E-state index contributed by atoms with van der Waals surface area (Å²) >= 11 is 0. The smallest absolute Gasteiger partial charge is 0.270 e. The maximum Gasteiger partial charge on any atom is 0.270 e. The lowest BCUT2D eigenvalue weighted by atomic mass is 9.98. The molecule has 1 aliphatic heterocycles. The summed E-state index contributed by atoms with van der Waals surface area (Å²) in [7, 11) is 0. The minimum absolute atomic E-state index is 0.136. The van der Waals surface area contributed by atoms with E-state index in [9.17, 15) is 19.7 Å². The van der Waals surface area contributed by atoms with E-state index in [1.54, 1.807) is 12.1 Å². The second kappa shape index (κ2) is 8.37. The van der Waals surface area contributed by atoms with Crippen molar-refractivity contribution in [2.75, 3.05) is 10.2 Å². The lowest BCUT2D eigenvalue weighted by molar-refractivity contribution is -0.384. The first kappa shape index (κ1) is 22.3. The number of benzene rings is 2. The van der Waals surface area contributed by atoms with E-state index < -0.39 is 22.4 Å². The van der Waals surface area contributed by atoms with Gasteiger partial charge in [-0.3, -0.25) is 24.6 Å². The number of hydrogen-bond acceptors (Lipinski definition) is 5. The molecule has 2 N–H and O–H groups in total. The van der Waals surface area contributed by atoms with Crippen LogP contribution in [0, 0.1) is 16.0 Å². The van der Waals surface area contributed by atoms with E-state index in [4.69, 9.17) is 0 Å². The topological polar surface area (TPSA) is 105 Å². The van der Waals surface area contributed by atoms with Crippen molar-refractivity contribution >= 4 is 34.6 Å². The van der Waals surface area contributed by atoms with E-state index in [1.807, 2.05) is 46.8 Å². The number of nitrogens with zero attached hydrogens (tertiary/aromatic N) is 2. The molecule has 164 valence electrons. The zero-order valence-corrected chi connectivity index (χ0v) is 18.4. The summed E-state index contributed by atoms with van der Waals surface area (Å²) in [6.45, 7) is 9.63. The van der Waals surface area contributed by atoms with Crippen LogP contribution in [0.4, 0.5) is 22.7 Å². The maximum atomic E-state index is 13.8. The van der Waals surface area contributed by atoms with E-state index in [-0.39, 0.29) is 23.1 Å². The molecule has 0 aromatic heterocycles. The third kappa shape index (κ3) is 4.84. The van der Waals surface area contributed by atoms with Crippen LogP contribution in [0.2, 0.25) is 0 Å². The monoisotopic (exact) mass is 424 g/mol. The van der Waals surface area contributed by atoms with Crippen molar-refractivity contribution in [3.63, 3.8) is 0 Å². The Hall–Kier alpha value is -3.42. The van der Waals surface area contributed by atoms with Gasteiger partial charge in [0.1, 0.15) is 6.04 Å². The summed E-state index contributed by atoms with van der Waals surface area (Å²) in [6.07, 6.45) is 0.437. The number of amides is 2. The average Bonchev–Trinajstić information content (AvgIpc) is 2.78. The van der Waals surface area contributed by atoms with Gasteiger partial charge in [-0.2, -0.15) is 0 Å². The summed E-state index contributed by atoms with van der Waals surface area (Å²) in [4.78, 5) is 39.3. The minimum Gasteiger partial charge on any atom is -0.353 e. The van der Waals surface area contributed by atoms with Gasteiger partial charge in [-0.1, -0.05) is 26.0 Å². The summed E-state index contributed by atoms with van der Waals surface area (Å²) < 4.78 is 0. The van der Waals surface area contributed by atoms with Gasteiger partial charge in [0.25, 0.3) is 11.6 Å². The molecular weight excluding hydrogens is 396 g/mol. The van der Waals surface area contributed by atoms with E-state index in [0.717, 1.165) is 0 Å². The van der Waals surface area contributed by atoms with Crippen molar-refractivity contribution in [1.82, 2.24) is 5.32 Å². The predicted molar refractivity (Wildman–Crippen MR) is 121 cm³/mol. The number of nitrogens with one attached hydrogen (secondary N) is 2. The summed E-state index contributed by atoms with van der Waals surface area (Å²) in [5, 5.41) is 17.5. The number of nitro groups is 1. The van der Waals surface area contributed by atoms with Gasteiger partial charge in [-0.05, 0) is 51.3 Å². The molecule has 0 saturated heterocycles. The van der Waals surface area contributed by atoms with Crippen LogP contribution in [0.15, 0.2) is 42.5 Å². The van der Waals surface area contributed by atoms with Crippen molar-refractivity contribution in [2.45, 2.75) is 52.6 Å². The molecule has 1 atom stereocenters. The molecular formula is C23H28N4O4. The number of rotatable bonds is 5. The Labute approximate surface area is 181 Å². The molecule has 0 fully saturated rings. The Bertz CT molecular complexity index is 1030. The summed E-state index contributed by atoms with van der Waals surface area (Å²) in [5.74, 6) is -0.583. The fourth-order valence-electron chi connectivity index (χ4n) is 3.64. The van der Waals surface area contributed by atoms with Gasteiger partial charge < -0.3 is 10.6 Å². The first-order valence-corrected chi connectivity index (χ1v) is 10.3. The van der Waals surface area contributed by atoms with E-state index in [1.165, 1.54) is 23.1 Å². The highest BCUT2D eigenvalue weighted by Crippen LogP contribution is 2.38. The van der Waals surface area contributed by atoms with Crippen LogP contribution in [-0.4, -0.2) is 28.3 Å². The number of non-ortho nitro benzene ring substituents is 1. The fraction of sp³-hybridized carbons (Fsp3) is 0.391. The van der Waals surface area contributed by atoms with Crippen LogP contribution in [0.25, 0.3) is 0 Å². The lowest BCUT2D eigenvalue weighted by Crippen LogP contribution is -2.54. The second-order valence-corrected chi connectivity index (χ2v) is 9.19. The molecule has 2 amide bonds. The van der Waals surface area contributed by atoms with Gasteiger partial charge in [0.2, 0.25) is 5.91 Å². The molecule has 0 aliphatic carbocycles. The molecule has 8 nitrogen and oxygen atoms in total. The summed E-state index contributed by atoms with van der Waals surface area (Å²) in [5.41, 5.74) is 1.17. The lowest BCUT2D eigenvalue weighted by Gasteiger charge is -2.34. The minimum atomic E-state index is -0.778. The number of fused-ring (bicyclic) bond motifs is 2. The molecule has 31 heavy (non-hydrogen) atoms. The Morgan fingerprint density at radius 2 is 1.84 bits per heavy atom. The molecule has 0 radical (unpaired) electrons. The van der Waals surface area contributed by atoms with Gasteiger partial charge in [0.15, 0.2) is 0 Å². The third-order valence-corrected chi connectivity index (χ3v) is 4.90. The number of para-hydroxylation sites is 2. The van der Waals surface area contributed by atoms with Crippen LogP contribution >= 0.6 is 0 Å². The molecule has 3 rings (SSSR count). The van der Waals surface area contributed by atoms with Gasteiger partial charge in [-0.25, -0.2) is 0 Å². The van der Waals surface area contributed by atoms with Crippen LogP contribution in [0.3, 0.4) is 0 Å². The van der Waals surface area contributed by atoms with Crippen molar-refractivity contribution in [3.05, 3.63) is 58.1 Å². The quantitative estimate of drug-likeness (QED) is 0.538. The number of hydrogen-bond donors (Lipinski definition) is 2. The Balaban J connectivity index is 2.19. The number of anilines is 3. The van der Waals surface area contributed by atoms with Gasteiger partial charge in [-0.15, -0.1) is 0 Å².